The van der Waals surface area contributed by atoms with Gasteiger partial charge in [-0.15, -0.1) is 12.4 Å². The van der Waals surface area contributed by atoms with E-state index in [9.17, 15) is 4.79 Å². The van der Waals surface area contributed by atoms with Crippen LogP contribution in [0.25, 0.3) is 0 Å². The van der Waals surface area contributed by atoms with Gasteiger partial charge in [0.25, 0.3) is 5.91 Å². The lowest BCUT2D eigenvalue weighted by atomic mass is 9.79. The Morgan fingerprint density at radius 3 is 2.59 bits per heavy atom. The van der Waals surface area contributed by atoms with E-state index in [0.29, 0.717) is 24.5 Å². The van der Waals surface area contributed by atoms with Gasteiger partial charge in [-0.25, -0.2) is 0 Å². The van der Waals surface area contributed by atoms with E-state index in [0.717, 1.165) is 38.8 Å². The normalized spacial score (nSPS) is 19.7. The number of piperidine rings is 1. The van der Waals surface area contributed by atoms with Gasteiger partial charge in [0.2, 0.25) is 0 Å². The van der Waals surface area contributed by atoms with Crippen LogP contribution in [0.4, 0.5) is 0 Å². The molecule has 1 aromatic carbocycles. The number of nitrogens with one attached hydrogen (secondary N) is 2. The summed E-state index contributed by atoms with van der Waals surface area (Å²) in [5.74, 6) is 0.661. The molecule has 0 atom stereocenters. The van der Waals surface area contributed by atoms with Crippen LogP contribution in [0.3, 0.4) is 0 Å². The monoisotopic (exact) mass is 396 g/mol. The van der Waals surface area contributed by atoms with Crippen molar-refractivity contribution in [3.63, 3.8) is 0 Å². The number of halogens is 1. The molecule has 1 saturated carbocycles. The van der Waals surface area contributed by atoms with E-state index < -0.39 is 0 Å². The highest BCUT2D eigenvalue weighted by atomic mass is 35.5. The van der Waals surface area contributed by atoms with Gasteiger partial charge in [-0.05, 0) is 63.7 Å². The molecule has 152 valence electrons. The van der Waals surface area contributed by atoms with Crippen molar-refractivity contribution in [3.8, 4) is 5.75 Å². The van der Waals surface area contributed by atoms with Crippen LogP contribution < -0.4 is 15.4 Å². The van der Waals surface area contributed by atoms with E-state index in [1.807, 2.05) is 24.3 Å². The van der Waals surface area contributed by atoms with E-state index in [-0.39, 0.29) is 29.8 Å². The number of amides is 1. The van der Waals surface area contributed by atoms with E-state index in [1.54, 1.807) is 7.11 Å². The van der Waals surface area contributed by atoms with Crippen molar-refractivity contribution in [2.75, 3.05) is 33.4 Å². The third-order valence-corrected chi connectivity index (χ3v) is 5.72. The number of ether oxygens (including phenoxy) is 2. The molecule has 1 saturated heterocycles. The van der Waals surface area contributed by atoms with Crippen LogP contribution >= 0.6 is 12.4 Å². The maximum Gasteiger partial charge on any atom is 0.255 e. The van der Waals surface area contributed by atoms with Crippen molar-refractivity contribution in [2.24, 2.45) is 5.41 Å². The van der Waals surface area contributed by atoms with Gasteiger partial charge in [0.05, 0.1) is 18.3 Å². The molecule has 2 N–H and O–H groups in total. The predicted octanol–water partition coefficient (Wildman–Crippen LogP) is 3.57. The molecule has 1 aromatic rings. The molecule has 3 rings (SSSR count). The third kappa shape index (κ3) is 6.09. The first kappa shape index (κ1) is 22.0. The molecule has 0 unspecified atom stereocenters. The molecule has 27 heavy (non-hydrogen) atoms. The Kier molecular flexibility index (Phi) is 8.87. The third-order valence-electron chi connectivity index (χ3n) is 5.72. The number of rotatable bonds is 7. The van der Waals surface area contributed by atoms with Crippen LogP contribution in [0.5, 0.6) is 5.75 Å². The SMILES string of the molecule is COCC1(CNC(=O)c2ccccc2OC2CCCCC2)CCNCC1.Cl. The number of hydrogen-bond donors (Lipinski definition) is 2. The molecule has 1 aliphatic carbocycles. The zero-order valence-electron chi connectivity index (χ0n) is 16.3. The van der Waals surface area contributed by atoms with Crippen LogP contribution in [0, 0.1) is 5.41 Å². The van der Waals surface area contributed by atoms with Crippen molar-refractivity contribution in [1.29, 1.82) is 0 Å². The van der Waals surface area contributed by atoms with Gasteiger partial charge in [-0.2, -0.15) is 0 Å². The van der Waals surface area contributed by atoms with Crippen LogP contribution in [-0.4, -0.2) is 45.4 Å². The molecule has 0 aromatic heterocycles. The predicted molar refractivity (Wildman–Crippen MR) is 110 cm³/mol. The van der Waals surface area contributed by atoms with Gasteiger partial charge < -0.3 is 20.1 Å². The number of para-hydroxylation sites is 1. The summed E-state index contributed by atoms with van der Waals surface area (Å²) in [4.78, 5) is 12.8. The lowest BCUT2D eigenvalue weighted by Gasteiger charge is -2.37. The first-order chi connectivity index (χ1) is 12.7. The van der Waals surface area contributed by atoms with Crippen LogP contribution in [-0.2, 0) is 4.74 Å². The minimum absolute atomic E-state index is 0. The molecule has 0 spiro atoms. The molecule has 2 fully saturated rings. The Balaban J connectivity index is 0.00000261. The average molecular weight is 397 g/mol. The minimum Gasteiger partial charge on any atom is -0.490 e. The summed E-state index contributed by atoms with van der Waals surface area (Å²) in [7, 11) is 1.74. The van der Waals surface area contributed by atoms with Crippen molar-refractivity contribution in [2.45, 2.75) is 51.0 Å². The smallest absolute Gasteiger partial charge is 0.255 e. The maximum atomic E-state index is 12.8. The van der Waals surface area contributed by atoms with Gasteiger partial charge in [0.1, 0.15) is 5.75 Å². The Morgan fingerprint density at radius 1 is 1.19 bits per heavy atom. The van der Waals surface area contributed by atoms with E-state index >= 15 is 0 Å². The number of hydrogen-bond acceptors (Lipinski definition) is 4. The van der Waals surface area contributed by atoms with Gasteiger partial charge in [0.15, 0.2) is 0 Å². The fourth-order valence-electron chi connectivity index (χ4n) is 4.12. The molecule has 2 aliphatic rings. The standard InChI is InChI=1S/C21H32N2O3.ClH/c1-25-16-21(11-13-22-14-12-21)15-23-20(24)18-9-5-6-10-19(18)26-17-7-3-2-4-8-17;/h5-6,9-10,17,22H,2-4,7-8,11-16H2,1H3,(H,23,24);1H. The Bertz CT molecular complexity index is 579. The number of benzene rings is 1. The van der Waals surface area contributed by atoms with E-state index in [1.165, 1.54) is 19.3 Å². The minimum atomic E-state index is -0.0505. The summed E-state index contributed by atoms with van der Waals surface area (Å²) < 4.78 is 11.6. The Morgan fingerprint density at radius 2 is 1.89 bits per heavy atom. The van der Waals surface area contributed by atoms with Crippen molar-refractivity contribution in [1.82, 2.24) is 10.6 Å². The highest BCUT2D eigenvalue weighted by Crippen LogP contribution is 2.29. The second kappa shape index (κ2) is 10.9. The highest BCUT2D eigenvalue weighted by molar-refractivity contribution is 5.96. The lowest BCUT2D eigenvalue weighted by Crippen LogP contribution is -2.47. The van der Waals surface area contributed by atoms with Crippen LogP contribution in [0.2, 0.25) is 0 Å². The fourth-order valence-corrected chi connectivity index (χ4v) is 4.12. The molecule has 0 bridgehead atoms. The molecule has 1 amide bonds. The van der Waals surface area contributed by atoms with Crippen LogP contribution in [0.15, 0.2) is 24.3 Å². The lowest BCUT2D eigenvalue weighted by molar-refractivity contribution is 0.0510. The summed E-state index contributed by atoms with van der Waals surface area (Å²) >= 11 is 0. The summed E-state index contributed by atoms with van der Waals surface area (Å²) in [6.07, 6.45) is 8.15. The summed E-state index contributed by atoms with van der Waals surface area (Å²) in [6, 6.07) is 7.62. The fraction of sp³-hybridized carbons (Fsp3) is 0.667. The summed E-state index contributed by atoms with van der Waals surface area (Å²) in [5, 5.41) is 6.53. The van der Waals surface area contributed by atoms with E-state index in [4.69, 9.17) is 9.47 Å². The molecule has 0 radical (unpaired) electrons. The molecule has 1 aliphatic heterocycles. The van der Waals surface area contributed by atoms with Gasteiger partial charge in [-0.3, -0.25) is 4.79 Å². The summed E-state index contributed by atoms with van der Waals surface area (Å²) in [6.45, 7) is 3.26. The largest absolute Gasteiger partial charge is 0.490 e. The first-order valence-corrected chi connectivity index (χ1v) is 9.96. The van der Waals surface area contributed by atoms with Crippen molar-refractivity contribution >= 4 is 18.3 Å². The zero-order valence-corrected chi connectivity index (χ0v) is 17.1. The summed E-state index contributed by atoms with van der Waals surface area (Å²) in [5.41, 5.74) is 0.661. The molecule has 5 nitrogen and oxygen atoms in total. The maximum absolute atomic E-state index is 12.8. The van der Waals surface area contributed by atoms with Crippen molar-refractivity contribution in [3.05, 3.63) is 29.8 Å². The quantitative estimate of drug-likeness (QED) is 0.739. The Hall–Kier alpha value is -1.30. The zero-order chi connectivity index (χ0) is 18.2. The van der Waals surface area contributed by atoms with Gasteiger partial charge >= 0.3 is 0 Å². The van der Waals surface area contributed by atoms with E-state index in [2.05, 4.69) is 10.6 Å². The molecule has 1 heterocycles. The molecular formula is C21H33ClN2O3. The Labute approximate surface area is 169 Å². The number of carbonyl (C=O) groups is 1. The second-order valence-corrected chi connectivity index (χ2v) is 7.74. The highest BCUT2D eigenvalue weighted by Gasteiger charge is 2.33. The molecular weight excluding hydrogens is 364 g/mol. The van der Waals surface area contributed by atoms with Crippen LogP contribution in [0.1, 0.15) is 55.3 Å². The number of methoxy groups -OCH3 is 1. The first-order valence-electron chi connectivity index (χ1n) is 9.96. The number of carbonyl (C=O) groups excluding carboxylic acids is 1. The van der Waals surface area contributed by atoms with Gasteiger partial charge in [0, 0.05) is 19.1 Å². The van der Waals surface area contributed by atoms with Crippen molar-refractivity contribution < 1.29 is 14.3 Å². The average Bonchev–Trinajstić information content (AvgIpc) is 2.68. The topological polar surface area (TPSA) is 59.6 Å². The second-order valence-electron chi connectivity index (χ2n) is 7.74. The molecule has 6 heteroatoms. The van der Waals surface area contributed by atoms with Gasteiger partial charge in [-0.1, -0.05) is 18.6 Å².